The van der Waals surface area contributed by atoms with Crippen molar-refractivity contribution >= 4 is 5.69 Å². The lowest BCUT2D eigenvalue weighted by Crippen LogP contribution is -2.34. The van der Waals surface area contributed by atoms with Crippen molar-refractivity contribution in [2.45, 2.75) is 19.1 Å². The van der Waals surface area contributed by atoms with E-state index in [0.717, 1.165) is 25.2 Å². The van der Waals surface area contributed by atoms with E-state index < -0.39 is 11.0 Å². The summed E-state index contributed by atoms with van der Waals surface area (Å²) in [7, 11) is 1.99. The zero-order valence-corrected chi connectivity index (χ0v) is 12.3. The first-order valence-electron chi connectivity index (χ1n) is 7.18. The van der Waals surface area contributed by atoms with Gasteiger partial charge in [-0.05, 0) is 17.7 Å². The van der Waals surface area contributed by atoms with E-state index in [2.05, 4.69) is 9.88 Å². The monoisotopic (exact) mass is 302 g/mol. The Morgan fingerprint density at radius 1 is 1.41 bits per heavy atom. The molecule has 7 nitrogen and oxygen atoms in total. The second-order valence-electron chi connectivity index (χ2n) is 5.60. The second kappa shape index (κ2) is 5.86. The lowest BCUT2D eigenvalue weighted by molar-refractivity contribution is -0.384. The van der Waals surface area contributed by atoms with E-state index in [1.165, 1.54) is 17.8 Å². The number of nitrogens with zero attached hydrogens (tertiary/aromatic N) is 4. The van der Waals surface area contributed by atoms with Crippen molar-refractivity contribution in [3.8, 4) is 0 Å². The minimum atomic E-state index is -0.661. The van der Waals surface area contributed by atoms with Crippen LogP contribution in [0.4, 0.5) is 5.69 Å². The third-order valence-electron chi connectivity index (χ3n) is 4.10. The van der Waals surface area contributed by atoms with Crippen molar-refractivity contribution in [1.82, 2.24) is 14.5 Å². The molecule has 3 rings (SSSR count). The van der Waals surface area contributed by atoms with Gasteiger partial charge >= 0.3 is 0 Å². The Morgan fingerprint density at radius 3 is 2.82 bits per heavy atom. The van der Waals surface area contributed by atoms with E-state index in [1.807, 2.05) is 17.9 Å². The molecule has 2 aromatic rings. The van der Waals surface area contributed by atoms with Crippen LogP contribution in [0.15, 0.2) is 30.6 Å². The maximum absolute atomic E-state index is 10.6. The van der Waals surface area contributed by atoms with Crippen LogP contribution < -0.4 is 0 Å². The average molecular weight is 302 g/mol. The topological polar surface area (TPSA) is 84.4 Å². The number of aromatic nitrogens is 2. The molecule has 116 valence electrons. The van der Waals surface area contributed by atoms with Gasteiger partial charge in [0, 0.05) is 50.9 Å². The van der Waals surface area contributed by atoms with Gasteiger partial charge in [0.05, 0.1) is 23.0 Å². The van der Waals surface area contributed by atoms with Gasteiger partial charge in [-0.1, -0.05) is 0 Å². The first-order chi connectivity index (χ1) is 10.5. The summed E-state index contributed by atoms with van der Waals surface area (Å²) in [5.74, 6) is 0. The molecule has 7 heteroatoms. The Morgan fingerprint density at radius 2 is 2.14 bits per heavy atom. The third kappa shape index (κ3) is 2.86. The predicted octanol–water partition coefficient (Wildman–Crippen LogP) is 1.42. The molecule has 1 atom stereocenters. The minimum Gasteiger partial charge on any atom is -0.387 e. The molecule has 0 radical (unpaired) electrons. The highest BCUT2D eigenvalue weighted by atomic mass is 16.6. The van der Waals surface area contributed by atoms with Gasteiger partial charge in [-0.2, -0.15) is 0 Å². The van der Waals surface area contributed by atoms with Crippen LogP contribution in [0.2, 0.25) is 0 Å². The summed E-state index contributed by atoms with van der Waals surface area (Å²) in [6.07, 6.45) is 2.07. The fraction of sp³-hybridized carbons (Fsp3) is 0.400. The van der Waals surface area contributed by atoms with Gasteiger partial charge in [-0.3, -0.25) is 15.0 Å². The number of nitro groups is 1. The van der Waals surface area contributed by atoms with E-state index in [4.69, 9.17) is 0 Å². The van der Waals surface area contributed by atoms with Gasteiger partial charge in [0.25, 0.3) is 5.69 Å². The number of rotatable bonds is 4. The fourth-order valence-corrected chi connectivity index (χ4v) is 2.84. The van der Waals surface area contributed by atoms with E-state index >= 15 is 0 Å². The third-order valence-corrected chi connectivity index (χ3v) is 4.10. The van der Waals surface area contributed by atoms with Crippen LogP contribution in [0.5, 0.6) is 0 Å². The quantitative estimate of drug-likeness (QED) is 0.682. The van der Waals surface area contributed by atoms with Crippen molar-refractivity contribution in [3.05, 3.63) is 57.7 Å². The van der Waals surface area contributed by atoms with Gasteiger partial charge in [-0.15, -0.1) is 0 Å². The predicted molar refractivity (Wildman–Crippen MR) is 80.2 cm³/mol. The lowest BCUT2D eigenvalue weighted by atomic mass is 10.1. The maximum Gasteiger partial charge on any atom is 0.269 e. The number of aliphatic hydroxyl groups is 1. The van der Waals surface area contributed by atoms with Crippen LogP contribution in [0.1, 0.15) is 23.1 Å². The van der Waals surface area contributed by atoms with E-state index in [-0.39, 0.29) is 5.69 Å². The van der Waals surface area contributed by atoms with Gasteiger partial charge in [0.2, 0.25) is 0 Å². The molecule has 1 N–H and O–H groups in total. The van der Waals surface area contributed by atoms with Crippen molar-refractivity contribution < 1.29 is 10.0 Å². The van der Waals surface area contributed by atoms with Gasteiger partial charge in [0.1, 0.15) is 0 Å². The smallest absolute Gasteiger partial charge is 0.269 e. The molecular formula is C15H18N4O3. The van der Waals surface area contributed by atoms with Crippen molar-refractivity contribution in [2.24, 2.45) is 7.05 Å². The molecule has 2 heterocycles. The SMILES string of the molecule is Cn1cnc2c1CCN(CC(O)c1ccc([N+](=O)[O-])cc1)C2. The Hall–Kier alpha value is -2.25. The zero-order chi connectivity index (χ0) is 15.7. The van der Waals surface area contributed by atoms with Crippen LogP contribution >= 0.6 is 0 Å². The van der Waals surface area contributed by atoms with E-state index in [0.29, 0.717) is 12.1 Å². The number of aliphatic hydroxyl groups excluding tert-OH is 1. The first-order valence-corrected chi connectivity index (χ1v) is 7.18. The van der Waals surface area contributed by atoms with Gasteiger partial charge < -0.3 is 9.67 Å². The molecule has 0 amide bonds. The average Bonchev–Trinajstić information content (AvgIpc) is 2.88. The summed E-state index contributed by atoms with van der Waals surface area (Å²) in [6, 6.07) is 6.06. The summed E-state index contributed by atoms with van der Waals surface area (Å²) < 4.78 is 2.04. The van der Waals surface area contributed by atoms with Crippen LogP contribution in [-0.2, 0) is 20.0 Å². The van der Waals surface area contributed by atoms with Crippen LogP contribution in [-0.4, -0.2) is 37.6 Å². The summed E-state index contributed by atoms with van der Waals surface area (Å²) >= 11 is 0. The molecule has 0 aliphatic carbocycles. The number of non-ortho nitro benzene ring substituents is 1. The number of hydrogen-bond acceptors (Lipinski definition) is 5. The lowest BCUT2D eigenvalue weighted by Gasteiger charge is -2.28. The van der Waals surface area contributed by atoms with Crippen molar-refractivity contribution in [1.29, 1.82) is 0 Å². The van der Waals surface area contributed by atoms with Crippen molar-refractivity contribution in [2.75, 3.05) is 13.1 Å². The number of hydrogen-bond donors (Lipinski definition) is 1. The second-order valence-corrected chi connectivity index (χ2v) is 5.60. The number of imidazole rings is 1. The normalized spacial score (nSPS) is 16.3. The highest BCUT2D eigenvalue weighted by Gasteiger charge is 2.22. The number of benzene rings is 1. The molecule has 1 aliphatic rings. The van der Waals surface area contributed by atoms with E-state index in [9.17, 15) is 15.2 Å². The molecule has 1 aromatic carbocycles. The zero-order valence-electron chi connectivity index (χ0n) is 12.3. The Labute approximate surface area is 128 Å². The fourth-order valence-electron chi connectivity index (χ4n) is 2.84. The number of fused-ring (bicyclic) bond motifs is 1. The maximum atomic E-state index is 10.6. The molecule has 1 aromatic heterocycles. The summed E-state index contributed by atoms with van der Waals surface area (Å²) in [5, 5.41) is 21.0. The first kappa shape index (κ1) is 14.7. The largest absolute Gasteiger partial charge is 0.387 e. The van der Waals surface area contributed by atoms with E-state index in [1.54, 1.807) is 12.1 Å². The molecule has 0 fully saturated rings. The molecular weight excluding hydrogens is 284 g/mol. The summed E-state index contributed by atoms with van der Waals surface area (Å²) in [4.78, 5) is 16.7. The number of β-amino-alcohol motifs (C(OH)–C–C–N with tert-alkyl or cyclic N) is 1. The number of nitro benzene ring substituents is 1. The van der Waals surface area contributed by atoms with Gasteiger partial charge in [-0.25, -0.2) is 4.98 Å². The highest BCUT2D eigenvalue weighted by molar-refractivity contribution is 5.33. The summed E-state index contributed by atoms with van der Waals surface area (Å²) in [5.41, 5.74) is 3.04. The van der Waals surface area contributed by atoms with Crippen molar-refractivity contribution in [3.63, 3.8) is 0 Å². The molecule has 0 saturated carbocycles. The Kier molecular flexibility index (Phi) is 3.91. The van der Waals surface area contributed by atoms with Crippen LogP contribution in [0.3, 0.4) is 0 Å². The molecule has 22 heavy (non-hydrogen) atoms. The molecule has 1 unspecified atom stereocenters. The highest BCUT2D eigenvalue weighted by Crippen LogP contribution is 2.22. The Balaban J connectivity index is 1.65. The summed E-state index contributed by atoms with van der Waals surface area (Å²) in [6.45, 7) is 2.09. The Bertz CT molecular complexity index is 681. The standard InChI is InChI=1S/C15H18N4O3/c1-17-10-16-13-8-18(7-6-14(13)17)9-15(20)11-2-4-12(5-3-11)19(21)22/h2-5,10,15,20H,6-9H2,1H3. The minimum absolute atomic E-state index is 0.0343. The molecule has 0 bridgehead atoms. The molecule has 1 aliphatic heterocycles. The molecule has 0 spiro atoms. The van der Waals surface area contributed by atoms with Crippen LogP contribution in [0.25, 0.3) is 0 Å². The number of aryl methyl sites for hydroxylation is 1. The van der Waals surface area contributed by atoms with Crippen LogP contribution in [0, 0.1) is 10.1 Å². The molecule has 0 saturated heterocycles. The van der Waals surface area contributed by atoms with Gasteiger partial charge in [0.15, 0.2) is 0 Å².